The number of methoxy groups -OCH3 is 1. The number of hydrogen-bond donors (Lipinski definition) is 2. The first kappa shape index (κ1) is 27.1. The van der Waals surface area contributed by atoms with Crippen molar-refractivity contribution in [3.8, 4) is 0 Å². The molecular formula is C30H32ClN5O2S. The molecule has 0 spiro atoms. The van der Waals surface area contributed by atoms with Gasteiger partial charge in [-0.15, -0.1) is 0 Å². The maximum atomic E-state index is 12.1. The van der Waals surface area contributed by atoms with Gasteiger partial charge in [0.1, 0.15) is 6.61 Å². The molecule has 0 unspecified atom stereocenters. The third-order valence-electron chi connectivity index (χ3n) is 7.46. The van der Waals surface area contributed by atoms with E-state index in [2.05, 4.69) is 77.5 Å². The molecule has 1 amide bonds. The molecule has 2 N–H and O–H groups in total. The third-order valence-corrected chi connectivity index (χ3v) is 8.09. The predicted molar refractivity (Wildman–Crippen MR) is 162 cm³/mol. The number of nitrogens with zero attached hydrogens (tertiary/aromatic N) is 3. The summed E-state index contributed by atoms with van der Waals surface area (Å²) in [5, 5.41) is 7.27. The summed E-state index contributed by atoms with van der Waals surface area (Å²) in [6.45, 7) is 6.55. The van der Waals surface area contributed by atoms with Crippen LogP contribution < -0.4 is 20.4 Å². The summed E-state index contributed by atoms with van der Waals surface area (Å²) in [4.78, 5) is 21.1. The van der Waals surface area contributed by atoms with Gasteiger partial charge in [-0.1, -0.05) is 29.8 Å². The van der Waals surface area contributed by atoms with E-state index in [9.17, 15) is 4.79 Å². The van der Waals surface area contributed by atoms with E-state index in [0.29, 0.717) is 15.8 Å². The molecule has 0 bridgehead atoms. The lowest BCUT2D eigenvalue weighted by atomic mass is 9.86. The quantitative estimate of drug-likeness (QED) is 0.351. The van der Waals surface area contributed by atoms with Crippen LogP contribution in [-0.2, 0) is 9.53 Å². The van der Waals surface area contributed by atoms with Crippen LogP contribution in [0.4, 0.5) is 17.1 Å². The molecule has 1 saturated heterocycles. The number of fused-ring (bicyclic) bond motifs is 1. The Morgan fingerprint density at radius 3 is 2.69 bits per heavy atom. The summed E-state index contributed by atoms with van der Waals surface area (Å²) >= 11 is 12.5. The molecule has 5 rings (SSSR count). The van der Waals surface area contributed by atoms with Crippen molar-refractivity contribution >= 4 is 57.5 Å². The van der Waals surface area contributed by atoms with E-state index in [0.717, 1.165) is 16.9 Å². The fourth-order valence-corrected chi connectivity index (χ4v) is 5.97. The van der Waals surface area contributed by atoms with Gasteiger partial charge >= 0.3 is 0 Å². The number of likely N-dealkylation sites (N-methyl/N-ethyl adjacent to an activating group) is 1. The molecule has 2 aliphatic rings. The molecule has 202 valence electrons. The van der Waals surface area contributed by atoms with Gasteiger partial charge in [0.05, 0.1) is 34.0 Å². The summed E-state index contributed by atoms with van der Waals surface area (Å²) in [5.74, 6) is -0.274. The van der Waals surface area contributed by atoms with E-state index >= 15 is 0 Å². The van der Waals surface area contributed by atoms with Crippen LogP contribution in [0.3, 0.4) is 0 Å². The number of amides is 1. The Morgan fingerprint density at radius 2 is 2.00 bits per heavy atom. The summed E-state index contributed by atoms with van der Waals surface area (Å²) in [6, 6.07) is 17.7. The van der Waals surface area contributed by atoms with Crippen molar-refractivity contribution in [2.75, 3.05) is 35.9 Å². The number of aromatic nitrogens is 1. The van der Waals surface area contributed by atoms with E-state index < -0.39 is 0 Å². The first-order chi connectivity index (χ1) is 18.6. The normalized spacial score (nSPS) is 19.8. The molecule has 0 saturated carbocycles. The van der Waals surface area contributed by atoms with E-state index in [1.54, 1.807) is 12.3 Å². The topological polar surface area (TPSA) is 69.7 Å². The highest BCUT2D eigenvalue weighted by Crippen LogP contribution is 2.45. The van der Waals surface area contributed by atoms with Gasteiger partial charge in [0.25, 0.3) is 0 Å². The van der Waals surface area contributed by atoms with E-state index in [4.69, 9.17) is 28.6 Å². The van der Waals surface area contributed by atoms with Gasteiger partial charge in [-0.25, -0.2) is 0 Å². The van der Waals surface area contributed by atoms with E-state index in [-0.39, 0.29) is 30.1 Å². The molecular weight excluding hydrogens is 530 g/mol. The minimum atomic E-state index is -0.274. The Bertz CT molecular complexity index is 1460. The van der Waals surface area contributed by atoms with E-state index in [1.807, 2.05) is 30.3 Å². The zero-order valence-corrected chi connectivity index (χ0v) is 24.2. The second-order valence-corrected chi connectivity index (χ2v) is 11.3. The molecule has 0 aliphatic carbocycles. The number of rotatable bonds is 6. The van der Waals surface area contributed by atoms with Crippen molar-refractivity contribution in [2.24, 2.45) is 0 Å². The number of hydrogen-bond acceptors (Lipinski definition) is 5. The van der Waals surface area contributed by atoms with Gasteiger partial charge in [-0.3, -0.25) is 9.78 Å². The van der Waals surface area contributed by atoms with Gasteiger partial charge in [0.2, 0.25) is 5.91 Å². The Kier molecular flexibility index (Phi) is 7.37. The maximum absolute atomic E-state index is 12.1. The van der Waals surface area contributed by atoms with Crippen molar-refractivity contribution in [1.82, 2.24) is 10.3 Å². The van der Waals surface area contributed by atoms with Crippen molar-refractivity contribution < 1.29 is 9.53 Å². The van der Waals surface area contributed by atoms with Gasteiger partial charge in [0.15, 0.2) is 5.11 Å². The number of benzene rings is 2. The number of carbonyl (C=O) groups excluding carboxylic acids is 1. The summed E-state index contributed by atoms with van der Waals surface area (Å²) < 4.78 is 4.92. The molecule has 1 aromatic heterocycles. The minimum absolute atomic E-state index is 0.0510. The molecule has 9 heteroatoms. The lowest BCUT2D eigenvalue weighted by Gasteiger charge is -2.41. The van der Waals surface area contributed by atoms with Crippen molar-refractivity contribution in [3.05, 3.63) is 88.7 Å². The lowest BCUT2D eigenvalue weighted by Crippen LogP contribution is -2.42. The summed E-state index contributed by atoms with van der Waals surface area (Å²) in [5.41, 5.74) is 6.88. The summed E-state index contributed by atoms with van der Waals surface area (Å²) in [6.07, 6.45) is 4.10. The average molecular weight is 562 g/mol. The van der Waals surface area contributed by atoms with Gasteiger partial charge in [-0.2, -0.15) is 0 Å². The van der Waals surface area contributed by atoms with Crippen LogP contribution in [0.25, 0.3) is 5.57 Å². The fourth-order valence-electron chi connectivity index (χ4n) is 5.41. The number of carbonyl (C=O) groups is 1. The van der Waals surface area contributed by atoms with Crippen LogP contribution in [0.15, 0.2) is 66.9 Å². The predicted octanol–water partition coefficient (Wildman–Crippen LogP) is 6.13. The molecule has 2 aromatic carbocycles. The number of ether oxygens (including phenoxy) is 1. The molecule has 3 heterocycles. The molecule has 1 fully saturated rings. The van der Waals surface area contributed by atoms with Crippen LogP contribution in [-0.4, -0.2) is 42.3 Å². The molecule has 7 nitrogen and oxygen atoms in total. The Labute approximate surface area is 239 Å². The molecule has 2 atom stereocenters. The highest BCUT2D eigenvalue weighted by molar-refractivity contribution is 7.80. The summed E-state index contributed by atoms with van der Waals surface area (Å²) in [7, 11) is 3.60. The van der Waals surface area contributed by atoms with Crippen molar-refractivity contribution in [2.45, 2.75) is 38.4 Å². The highest BCUT2D eigenvalue weighted by Gasteiger charge is 2.41. The first-order valence-corrected chi connectivity index (χ1v) is 13.6. The number of nitrogens with one attached hydrogen (secondary N) is 2. The Hall–Kier alpha value is -3.46. The number of allylic oxidation sites excluding steroid dienone is 1. The highest BCUT2D eigenvalue weighted by atomic mass is 35.5. The number of thiocarbonyl (C=S) groups is 1. The minimum Gasteiger partial charge on any atom is -0.375 e. The van der Waals surface area contributed by atoms with Crippen molar-refractivity contribution in [3.63, 3.8) is 0 Å². The standard InChI is InChI=1S/C30H32ClN5O2S/c1-18-16-30(2,3)35(4)25-12-9-19(14-21(18)25)28-27(24-8-6-7-13-32-24)34-29(39)36(28)20-10-11-23(22(31)15-20)33-26(37)17-38-5/h6-16,27-28H,17H2,1-5H3,(H,33,37)(H,34,39)/t27-,28+/m0/s1. The fraction of sp³-hybridized carbons (Fsp3) is 0.300. The Balaban J connectivity index is 1.59. The zero-order chi connectivity index (χ0) is 27.9. The number of pyridine rings is 1. The molecule has 3 aromatic rings. The first-order valence-electron chi connectivity index (χ1n) is 12.8. The van der Waals surface area contributed by atoms with Crippen LogP contribution in [0.5, 0.6) is 0 Å². The second kappa shape index (κ2) is 10.6. The van der Waals surface area contributed by atoms with Crippen LogP contribution in [0.2, 0.25) is 5.02 Å². The molecule has 2 aliphatic heterocycles. The number of anilines is 3. The largest absolute Gasteiger partial charge is 0.375 e. The van der Waals surface area contributed by atoms with Gasteiger partial charge in [0, 0.05) is 37.3 Å². The SMILES string of the molecule is COCC(=O)Nc1ccc(N2C(=S)N[C@@H](c3ccccn3)[C@H]2c2ccc3c(c2)C(C)=CC(C)(C)N3C)cc1Cl. The van der Waals surface area contributed by atoms with Gasteiger partial charge < -0.3 is 25.2 Å². The number of halogens is 1. The zero-order valence-electron chi connectivity index (χ0n) is 22.7. The third kappa shape index (κ3) is 5.12. The molecule has 39 heavy (non-hydrogen) atoms. The smallest absolute Gasteiger partial charge is 0.250 e. The lowest BCUT2D eigenvalue weighted by molar-refractivity contribution is -0.119. The van der Waals surface area contributed by atoms with Crippen LogP contribution in [0.1, 0.15) is 49.7 Å². The van der Waals surface area contributed by atoms with Crippen LogP contribution >= 0.6 is 23.8 Å². The second-order valence-electron chi connectivity index (χ2n) is 10.5. The monoisotopic (exact) mass is 561 g/mol. The average Bonchev–Trinajstić information content (AvgIpc) is 3.25. The Morgan fingerprint density at radius 1 is 1.21 bits per heavy atom. The molecule has 0 radical (unpaired) electrons. The van der Waals surface area contributed by atoms with Crippen molar-refractivity contribution in [1.29, 1.82) is 0 Å². The maximum Gasteiger partial charge on any atom is 0.250 e. The van der Waals surface area contributed by atoms with Crippen LogP contribution in [0, 0.1) is 0 Å². The van der Waals surface area contributed by atoms with Gasteiger partial charge in [-0.05, 0) is 86.6 Å². The van der Waals surface area contributed by atoms with E-state index in [1.165, 1.54) is 23.9 Å².